The SMILES string of the molecule is C/C=C/C(=O)/C(C)=C(/CC)C(C)C. The summed E-state index contributed by atoms with van der Waals surface area (Å²) in [7, 11) is 0. The van der Waals surface area contributed by atoms with Gasteiger partial charge in [-0.05, 0) is 37.8 Å². The summed E-state index contributed by atoms with van der Waals surface area (Å²) in [6.07, 6.45) is 4.39. The lowest BCUT2D eigenvalue weighted by molar-refractivity contribution is -0.111. The first-order valence-corrected chi connectivity index (χ1v) is 4.91. The molecule has 1 heteroatoms. The molecule has 1 nitrogen and oxygen atoms in total. The van der Waals surface area contributed by atoms with Crippen LogP contribution >= 0.6 is 0 Å². The van der Waals surface area contributed by atoms with Crippen molar-refractivity contribution in [2.75, 3.05) is 0 Å². The first-order chi connectivity index (χ1) is 6.04. The molecule has 0 spiro atoms. The highest BCUT2D eigenvalue weighted by Gasteiger charge is 2.09. The fraction of sp³-hybridized carbons (Fsp3) is 0.583. The highest BCUT2D eigenvalue weighted by Crippen LogP contribution is 2.18. The fourth-order valence-corrected chi connectivity index (χ4v) is 1.54. The number of allylic oxidation sites excluding steroid dienone is 4. The number of carbonyl (C=O) groups is 1. The molecule has 0 aliphatic carbocycles. The van der Waals surface area contributed by atoms with E-state index >= 15 is 0 Å². The lowest BCUT2D eigenvalue weighted by atomic mass is 9.93. The zero-order chi connectivity index (χ0) is 10.4. The minimum atomic E-state index is 0.146. The topological polar surface area (TPSA) is 17.1 Å². The van der Waals surface area contributed by atoms with E-state index in [-0.39, 0.29) is 5.78 Å². The van der Waals surface area contributed by atoms with Crippen LogP contribution in [0.3, 0.4) is 0 Å². The zero-order valence-corrected chi connectivity index (χ0v) is 9.35. The molecule has 0 saturated carbocycles. The van der Waals surface area contributed by atoms with Gasteiger partial charge < -0.3 is 0 Å². The van der Waals surface area contributed by atoms with Crippen LogP contribution in [0.2, 0.25) is 0 Å². The van der Waals surface area contributed by atoms with E-state index in [4.69, 9.17) is 0 Å². The van der Waals surface area contributed by atoms with Gasteiger partial charge in [-0.25, -0.2) is 0 Å². The largest absolute Gasteiger partial charge is 0.290 e. The van der Waals surface area contributed by atoms with Crippen molar-refractivity contribution in [2.45, 2.75) is 41.0 Å². The summed E-state index contributed by atoms with van der Waals surface area (Å²) in [5.74, 6) is 0.618. The molecule has 0 radical (unpaired) electrons. The lowest BCUT2D eigenvalue weighted by Gasteiger charge is -2.11. The minimum absolute atomic E-state index is 0.146. The smallest absolute Gasteiger partial charge is 0.181 e. The Kier molecular flexibility index (Phi) is 5.36. The van der Waals surface area contributed by atoms with Crippen molar-refractivity contribution in [2.24, 2.45) is 5.92 Å². The molecule has 0 aliphatic rings. The maximum Gasteiger partial charge on any atom is 0.181 e. The maximum atomic E-state index is 11.5. The van der Waals surface area contributed by atoms with Crippen LogP contribution in [0.4, 0.5) is 0 Å². The van der Waals surface area contributed by atoms with Crippen molar-refractivity contribution >= 4 is 5.78 Å². The summed E-state index contributed by atoms with van der Waals surface area (Å²) in [6.45, 7) is 10.1. The third kappa shape index (κ3) is 3.58. The van der Waals surface area contributed by atoms with Gasteiger partial charge in [-0.1, -0.05) is 32.4 Å². The molecule has 0 fully saturated rings. The van der Waals surface area contributed by atoms with Crippen LogP contribution < -0.4 is 0 Å². The Morgan fingerprint density at radius 2 is 1.92 bits per heavy atom. The van der Waals surface area contributed by atoms with E-state index < -0.39 is 0 Å². The predicted octanol–water partition coefficient (Wildman–Crippen LogP) is 3.51. The van der Waals surface area contributed by atoms with Crippen LogP contribution in [-0.2, 0) is 4.79 Å². The predicted molar refractivity (Wildman–Crippen MR) is 57.7 cm³/mol. The van der Waals surface area contributed by atoms with E-state index in [9.17, 15) is 4.79 Å². The summed E-state index contributed by atoms with van der Waals surface area (Å²) in [5, 5.41) is 0. The zero-order valence-electron chi connectivity index (χ0n) is 9.35. The van der Waals surface area contributed by atoms with Crippen molar-refractivity contribution < 1.29 is 4.79 Å². The summed E-state index contributed by atoms with van der Waals surface area (Å²) >= 11 is 0. The van der Waals surface area contributed by atoms with Gasteiger partial charge in [0, 0.05) is 0 Å². The number of rotatable bonds is 4. The van der Waals surface area contributed by atoms with E-state index in [1.54, 1.807) is 12.2 Å². The van der Waals surface area contributed by atoms with Crippen molar-refractivity contribution in [1.29, 1.82) is 0 Å². The molecule has 0 aromatic heterocycles. The molecular weight excluding hydrogens is 160 g/mol. The maximum absolute atomic E-state index is 11.5. The Bertz CT molecular complexity index is 232. The van der Waals surface area contributed by atoms with Gasteiger partial charge in [-0.3, -0.25) is 4.79 Å². The Hall–Kier alpha value is -0.850. The molecule has 0 saturated heterocycles. The molecule has 0 unspecified atom stereocenters. The highest BCUT2D eigenvalue weighted by atomic mass is 16.1. The van der Waals surface area contributed by atoms with Crippen LogP contribution in [0.5, 0.6) is 0 Å². The summed E-state index contributed by atoms with van der Waals surface area (Å²) in [4.78, 5) is 11.5. The Morgan fingerprint density at radius 3 is 2.23 bits per heavy atom. The quantitative estimate of drug-likeness (QED) is 0.605. The van der Waals surface area contributed by atoms with Crippen LogP contribution in [0, 0.1) is 5.92 Å². The molecule has 0 amide bonds. The molecule has 0 atom stereocenters. The minimum Gasteiger partial charge on any atom is -0.290 e. The van der Waals surface area contributed by atoms with Gasteiger partial charge in [-0.15, -0.1) is 0 Å². The van der Waals surface area contributed by atoms with Gasteiger partial charge in [0.1, 0.15) is 0 Å². The van der Waals surface area contributed by atoms with Gasteiger partial charge in [0.25, 0.3) is 0 Å². The van der Waals surface area contributed by atoms with E-state index in [1.807, 2.05) is 13.8 Å². The van der Waals surface area contributed by atoms with E-state index in [2.05, 4.69) is 20.8 Å². The molecule has 74 valence electrons. The molecule has 0 N–H and O–H groups in total. The van der Waals surface area contributed by atoms with E-state index in [0.29, 0.717) is 5.92 Å². The molecular formula is C12H20O. The molecule has 0 aromatic carbocycles. The van der Waals surface area contributed by atoms with E-state index in [0.717, 1.165) is 12.0 Å². The van der Waals surface area contributed by atoms with Gasteiger partial charge in [0.05, 0.1) is 0 Å². The normalized spacial score (nSPS) is 13.7. The van der Waals surface area contributed by atoms with Crippen LogP contribution in [0.25, 0.3) is 0 Å². The average Bonchev–Trinajstić information content (AvgIpc) is 2.05. The number of hydrogen-bond donors (Lipinski definition) is 0. The highest BCUT2D eigenvalue weighted by molar-refractivity contribution is 6.03. The van der Waals surface area contributed by atoms with Crippen LogP contribution in [-0.4, -0.2) is 5.78 Å². The van der Waals surface area contributed by atoms with Gasteiger partial charge >= 0.3 is 0 Å². The Labute approximate surface area is 81.5 Å². The second-order valence-corrected chi connectivity index (χ2v) is 3.52. The van der Waals surface area contributed by atoms with Crippen LogP contribution in [0.1, 0.15) is 41.0 Å². The summed E-state index contributed by atoms with van der Waals surface area (Å²) < 4.78 is 0. The average molecular weight is 180 g/mol. The van der Waals surface area contributed by atoms with Crippen molar-refractivity contribution in [3.63, 3.8) is 0 Å². The number of carbonyl (C=O) groups excluding carboxylic acids is 1. The first kappa shape index (κ1) is 12.2. The second-order valence-electron chi connectivity index (χ2n) is 3.52. The standard InChI is InChI=1S/C12H20O/c1-6-8-12(13)10(5)11(7-2)9(3)4/h6,8-9H,7H2,1-5H3/b8-6+,11-10-. The third-order valence-electron chi connectivity index (χ3n) is 2.25. The fourth-order valence-electron chi connectivity index (χ4n) is 1.54. The Morgan fingerprint density at radius 1 is 1.38 bits per heavy atom. The van der Waals surface area contributed by atoms with Gasteiger partial charge in [-0.2, -0.15) is 0 Å². The molecule has 0 aliphatic heterocycles. The van der Waals surface area contributed by atoms with Crippen molar-refractivity contribution in [1.82, 2.24) is 0 Å². The first-order valence-electron chi connectivity index (χ1n) is 4.91. The molecule has 13 heavy (non-hydrogen) atoms. The third-order valence-corrected chi connectivity index (χ3v) is 2.25. The Balaban J connectivity index is 4.85. The lowest BCUT2D eigenvalue weighted by Crippen LogP contribution is -2.03. The number of ketones is 1. The summed E-state index contributed by atoms with van der Waals surface area (Å²) in [5.41, 5.74) is 2.18. The molecule has 0 heterocycles. The molecule has 0 rings (SSSR count). The molecule has 0 bridgehead atoms. The van der Waals surface area contributed by atoms with Crippen LogP contribution in [0.15, 0.2) is 23.3 Å². The van der Waals surface area contributed by atoms with Gasteiger partial charge in [0.15, 0.2) is 5.78 Å². The number of hydrogen-bond acceptors (Lipinski definition) is 1. The second kappa shape index (κ2) is 5.74. The van der Waals surface area contributed by atoms with Gasteiger partial charge in [0.2, 0.25) is 0 Å². The molecule has 0 aromatic rings. The summed E-state index contributed by atoms with van der Waals surface area (Å²) in [6, 6.07) is 0. The monoisotopic (exact) mass is 180 g/mol. The van der Waals surface area contributed by atoms with Crippen molar-refractivity contribution in [3.8, 4) is 0 Å². The van der Waals surface area contributed by atoms with E-state index in [1.165, 1.54) is 5.57 Å². The van der Waals surface area contributed by atoms with Crippen molar-refractivity contribution in [3.05, 3.63) is 23.3 Å².